The highest BCUT2D eigenvalue weighted by Crippen LogP contribution is 2.27. The molecule has 2 unspecified atom stereocenters. The summed E-state index contributed by atoms with van der Waals surface area (Å²) in [4.78, 5) is 12.7. The van der Waals surface area contributed by atoms with Crippen molar-refractivity contribution in [1.29, 1.82) is 0 Å². The van der Waals surface area contributed by atoms with E-state index < -0.39 is 16.0 Å². The van der Waals surface area contributed by atoms with E-state index in [0.717, 1.165) is 6.42 Å². The Morgan fingerprint density at radius 3 is 2.45 bits per heavy atom. The van der Waals surface area contributed by atoms with Crippen molar-refractivity contribution in [3.8, 4) is 17.2 Å². The van der Waals surface area contributed by atoms with Crippen molar-refractivity contribution >= 4 is 16.0 Å². The zero-order valence-corrected chi connectivity index (χ0v) is 18.1. The Hall–Kier alpha value is -3.04. The second kappa shape index (κ2) is 8.60. The van der Waals surface area contributed by atoms with E-state index in [1.54, 1.807) is 30.3 Å². The third-order valence-corrected chi connectivity index (χ3v) is 7.04. The number of nitrogens with zero attached hydrogens (tertiary/aromatic N) is 3. The minimum atomic E-state index is -3.69. The zero-order valence-electron chi connectivity index (χ0n) is 17.3. The zero-order chi connectivity index (χ0) is 22.0. The summed E-state index contributed by atoms with van der Waals surface area (Å²) < 4.78 is 38.3. The number of hydrogen-bond donors (Lipinski definition) is 0. The van der Waals surface area contributed by atoms with Crippen LogP contribution in [0.2, 0.25) is 0 Å². The van der Waals surface area contributed by atoms with Crippen LogP contribution in [0.1, 0.15) is 30.6 Å². The Balaban J connectivity index is 1.50. The van der Waals surface area contributed by atoms with Crippen LogP contribution in [0.4, 0.5) is 0 Å². The van der Waals surface area contributed by atoms with Gasteiger partial charge in [0.2, 0.25) is 22.3 Å². The lowest BCUT2D eigenvalue weighted by atomic mass is 9.94. The number of rotatable bonds is 5. The van der Waals surface area contributed by atoms with Crippen molar-refractivity contribution in [1.82, 2.24) is 14.5 Å². The molecule has 3 aromatic rings. The van der Waals surface area contributed by atoms with Crippen LogP contribution in [-0.2, 0) is 10.0 Å². The molecule has 162 valence electrons. The molecule has 1 saturated heterocycles. The molecule has 0 amide bonds. The standard InChI is InChI=1S/C22H23N3O5S/c1-15-10-16(2)13-25(12-15)31(27,28)20-5-3-4-18(11-20)22(26)30-19-8-6-17(7-9-19)21-24-23-14-29-21/h3-9,11,14-16H,10,12-13H2,1-2H3. The van der Waals surface area contributed by atoms with Crippen LogP contribution in [0.5, 0.6) is 5.75 Å². The van der Waals surface area contributed by atoms with Gasteiger partial charge in [-0.1, -0.05) is 19.9 Å². The quantitative estimate of drug-likeness (QED) is 0.440. The smallest absolute Gasteiger partial charge is 0.343 e. The summed E-state index contributed by atoms with van der Waals surface area (Å²) in [6, 6.07) is 12.6. The first-order valence-electron chi connectivity index (χ1n) is 10.0. The summed E-state index contributed by atoms with van der Waals surface area (Å²) in [5.74, 6) is 0.629. The third kappa shape index (κ3) is 4.67. The van der Waals surface area contributed by atoms with Crippen molar-refractivity contribution in [3.05, 3.63) is 60.5 Å². The van der Waals surface area contributed by atoms with Crippen LogP contribution >= 0.6 is 0 Å². The Bertz CT molecular complexity index is 1150. The van der Waals surface area contributed by atoms with E-state index >= 15 is 0 Å². The number of piperidine rings is 1. The van der Waals surface area contributed by atoms with Crippen molar-refractivity contribution in [3.63, 3.8) is 0 Å². The fourth-order valence-corrected chi connectivity index (χ4v) is 5.59. The SMILES string of the molecule is CC1CC(C)CN(S(=O)(=O)c2cccc(C(=O)Oc3ccc(-c4nnco4)cc3)c2)C1. The Morgan fingerprint density at radius 2 is 1.81 bits per heavy atom. The van der Waals surface area contributed by atoms with Crippen molar-refractivity contribution in [2.24, 2.45) is 11.8 Å². The van der Waals surface area contributed by atoms with Gasteiger partial charge >= 0.3 is 5.97 Å². The normalized spacial score (nSPS) is 19.8. The van der Waals surface area contributed by atoms with E-state index in [0.29, 0.717) is 42.1 Å². The molecular weight excluding hydrogens is 418 g/mol. The summed E-state index contributed by atoms with van der Waals surface area (Å²) in [6.07, 6.45) is 2.24. The molecule has 1 fully saturated rings. The number of aromatic nitrogens is 2. The molecule has 8 nitrogen and oxygen atoms in total. The Kier molecular flexibility index (Phi) is 5.88. The molecule has 0 spiro atoms. The Morgan fingerprint density at radius 1 is 1.10 bits per heavy atom. The lowest BCUT2D eigenvalue weighted by Gasteiger charge is -2.34. The molecule has 31 heavy (non-hydrogen) atoms. The molecule has 0 N–H and O–H groups in total. The van der Waals surface area contributed by atoms with Crippen molar-refractivity contribution in [2.75, 3.05) is 13.1 Å². The molecular formula is C22H23N3O5S. The van der Waals surface area contributed by atoms with E-state index in [2.05, 4.69) is 24.0 Å². The third-order valence-electron chi connectivity index (χ3n) is 5.21. The van der Waals surface area contributed by atoms with Gasteiger partial charge in [-0.3, -0.25) is 0 Å². The molecule has 0 saturated carbocycles. The minimum Gasteiger partial charge on any atom is -0.423 e. The van der Waals surface area contributed by atoms with Crippen LogP contribution in [0.25, 0.3) is 11.5 Å². The summed E-state index contributed by atoms with van der Waals surface area (Å²) in [6.45, 7) is 5.06. The summed E-state index contributed by atoms with van der Waals surface area (Å²) in [5, 5.41) is 7.44. The fraction of sp³-hybridized carbons (Fsp3) is 0.318. The van der Waals surface area contributed by atoms with E-state index in [9.17, 15) is 13.2 Å². The van der Waals surface area contributed by atoms with Gasteiger partial charge in [0.25, 0.3) is 0 Å². The predicted molar refractivity (Wildman–Crippen MR) is 113 cm³/mol. The first kappa shape index (κ1) is 21.2. The monoisotopic (exact) mass is 441 g/mol. The maximum Gasteiger partial charge on any atom is 0.343 e. The van der Waals surface area contributed by atoms with E-state index in [4.69, 9.17) is 9.15 Å². The number of sulfonamides is 1. The molecule has 0 aliphatic carbocycles. The lowest BCUT2D eigenvalue weighted by Crippen LogP contribution is -2.42. The van der Waals surface area contributed by atoms with Crippen molar-refractivity contribution < 1.29 is 22.4 Å². The molecule has 0 bridgehead atoms. The molecule has 2 heterocycles. The number of esters is 1. The van der Waals surface area contributed by atoms with Gasteiger partial charge in [0.05, 0.1) is 10.5 Å². The van der Waals surface area contributed by atoms with Crippen LogP contribution in [0.3, 0.4) is 0 Å². The highest BCUT2D eigenvalue weighted by Gasteiger charge is 2.32. The topological polar surface area (TPSA) is 103 Å². The van der Waals surface area contributed by atoms with Gasteiger partial charge in [-0.2, -0.15) is 4.31 Å². The first-order chi connectivity index (χ1) is 14.8. The number of hydrogen-bond acceptors (Lipinski definition) is 7. The van der Waals surface area contributed by atoms with Gasteiger partial charge in [-0.25, -0.2) is 13.2 Å². The average molecular weight is 442 g/mol. The van der Waals surface area contributed by atoms with E-state index in [1.807, 2.05) is 0 Å². The van der Waals surface area contributed by atoms with Gasteiger partial charge in [0.1, 0.15) is 5.75 Å². The largest absolute Gasteiger partial charge is 0.423 e. The van der Waals surface area contributed by atoms with Crippen LogP contribution in [0, 0.1) is 11.8 Å². The lowest BCUT2D eigenvalue weighted by molar-refractivity contribution is 0.0734. The Labute approximate surface area is 180 Å². The van der Waals surface area contributed by atoms with E-state index in [1.165, 1.54) is 28.9 Å². The number of carbonyl (C=O) groups is 1. The summed E-state index contributed by atoms with van der Waals surface area (Å²) >= 11 is 0. The predicted octanol–water partition coefficient (Wildman–Crippen LogP) is 3.62. The van der Waals surface area contributed by atoms with Gasteiger partial charge in [0, 0.05) is 18.7 Å². The first-order valence-corrected chi connectivity index (χ1v) is 11.5. The highest BCUT2D eigenvalue weighted by atomic mass is 32.2. The number of benzene rings is 2. The van der Waals surface area contributed by atoms with Gasteiger partial charge < -0.3 is 9.15 Å². The number of carbonyl (C=O) groups excluding carboxylic acids is 1. The van der Waals surface area contributed by atoms with Gasteiger partial charge in [0.15, 0.2) is 0 Å². The van der Waals surface area contributed by atoms with E-state index in [-0.39, 0.29) is 10.5 Å². The molecule has 1 aliphatic rings. The second-order valence-corrected chi connectivity index (χ2v) is 9.89. The average Bonchev–Trinajstić information content (AvgIpc) is 3.28. The molecule has 9 heteroatoms. The van der Waals surface area contributed by atoms with Crippen LogP contribution < -0.4 is 4.74 Å². The molecule has 2 aromatic carbocycles. The molecule has 4 rings (SSSR count). The number of ether oxygens (including phenoxy) is 1. The minimum absolute atomic E-state index is 0.0926. The maximum absolute atomic E-state index is 13.1. The van der Waals surface area contributed by atoms with Crippen molar-refractivity contribution in [2.45, 2.75) is 25.2 Å². The van der Waals surface area contributed by atoms with Gasteiger partial charge in [-0.15, -0.1) is 10.2 Å². The molecule has 0 radical (unpaired) electrons. The van der Waals surface area contributed by atoms with Gasteiger partial charge in [-0.05, 0) is 60.7 Å². The molecule has 2 atom stereocenters. The second-order valence-electron chi connectivity index (χ2n) is 7.95. The molecule has 1 aromatic heterocycles. The summed E-state index contributed by atoms with van der Waals surface area (Å²) in [5.41, 5.74) is 0.857. The fourth-order valence-electron chi connectivity index (χ4n) is 3.86. The highest BCUT2D eigenvalue weighted by molar-refractivity contribution is 7.89. The van der Waals surface area contributed by atoms with Crippen LogP contribution in [-0.4, -0.2) is 42.0 Å². The maximum atomic E-state index is 13.1. The molecule has 1 aliphatic heterocycles. The van der Waals surface area contributed by atoms with Crippen LogP contribution in [0.15, 0.2) is 64.2 Å². The summed E-state index contributed by atoms with van der Waals surface area (Å²) in [7, 11) is -3.69.